The van der Waals surface area contributed by atoms with E-state index in [1.165, 1.54) is 5.56 Å². The highest BCUT2D eigenvalue weighted by Gasteiger charge is 2.21. The molecule has 0 saturated carbocycles. The van der Waals surface area contributed by atoms with E-state index in [4.69, 9.17) is 9.52 Å². The number of aromatic nitrogens is 3. The Balaban J connectivity index is 1.75. The zero-order valence-electron chi connectivity index (χ0n) is 12.1. The molecule has 0 spiro atoms. The SMILES string of the molecule is CCc1ccc(C2=Nn3c(nnc3-c3ccco3)SC2)cc1. The van der Waals surface area contributed by atoms with E-state index in [1.807, 2.05) is 12.1 Å². The highest BCUT2D eigenvalue weighted by atomic mass is 32.2. The molecule has 2 aromatic heterocycles. The van der Waals surface area contributed by atoms with Crippen LogP contribution in [0.2, 0.25) is 0 Å². The van der Waals surface area contributed by atoms with Crippen molar-refractivity contribution in [2.75, 3.05) is 5.75 Å². The van der Waals surface area contributed by atoms with Gasteiger partial charge in [0.15, 0.2) is 5.76 Å². The molecule has 3 aromatic rings. The molecule has 0 fully saturated rings. The van der Waals surface area contributed by atoms with E-state index in [-0.39, 0.29) is 0 Å². The van der Waals surface area contributed by atoms with Gasteiger partial charge in [-0.3, -0.25) is 0 Å². The molecule has 0 amide bonds. The Morgan fingerprint density at radius 2 is 2.05 bits per heavy atom. The number of hydrogen-bond acceptors (Lipinski definition) is 5. The molecular formula is C16H14N4OS. The van der Waals surface area contributed by atoms with Crippen LogP contribution in [0.4, 0.5) is 0 Å². The smallest absolute Gasteiger partial charge is 0.221 e. The number of nitrogens with zero attached hydrogens (tertiary/aromatic N) is 4. The molecule has 0 aliphatic carbocycles. The van der Waals surface area contributed by atoms with Gasteiger partial charge in [-0.15, -0.1) is 10.2 Å². The molecule has 0 atom stereocenters. The van der Waals surface area contributed by atoms with Crippen LogP contribution in [0.3, 0.4) is 0 Å². The minimum atomic E-state index is 0.634. The number of rotatable bonds is 3. The lowest BCUT2D eigenvalue weighted by Gasteiger charge is -2.13. The third kappa shape index (κ3) is 2.25. The van der Waals surface area contributed by atoms with Gasteiger partial charge in [0.05, 0.1) is 12.0 Å². The fourth-order valence-corrected chi connectivity index (χ4v) is 3.20. The van der Waals surface area contributed by atoms with Crippen LogP contribution in [0.1, 0.15) is 18.1 Å². The Morgan fingerprint density at radius 3 is 2.77 bits per heavy atom. The lowest BCUT2D eigenvalue weighted by molar-refractivity contribution is 0.571. The molecular weight excluding hydrogens is 296 g/mol. The normalized spacial score (nSPS) is 13.8. The Bertz CT molecular complexity index is 818. The zero-order valence-corrected chi connectivity index (χ0v) is 12.9. The highest BCUT2D eigenvalue weighted by Crippen LogP contribution is 2.28. The first kappa shape index (κ1) is 13.3. The van der Waals surface area contributed by atoms with Gasteiger partial charge in [-0.2, -0.15) is 9.78 Å². The maximum absolute atomic E-state index is 5.41. The summed E-state index contributed by atoms with van der Waals surface area (Å²) in [6, 6.07) is 12.2. The standard InChI is InChI=1S/C16H14N4OS/c1-2-11-5-7-12(8-6-11)13-10-22-16-18-17-15(20(16)19-13)14-4-3-9-21-14/h3-9H,2,10H2,1H3. The van der Waals surface area contributed by atoms with Gasteiger partial charge in [0.1, 0.15) is 0 Å². The molecule has 0 radical (unpaired) electrons. The van der Waals surface area contributed by atoms with Crippen LogP contribution in [0.15, 0.2) is 57.3 Å². The summed E-state index contributed by atoms with van der Waals surface area (Å²) in [5.41, 5.74) is 3.48. The second kappa shape index (κ2) is 5.46. The van der Waals surface area contributed by atoms with E-state index >= 15 is 0 Å². The summed E-state index contributed by atoms with van der Waals surface area (Å²) in [4.78, 5) is 0. The average molecular weight is 310 g/mol. The molecule has 0 N–H and O–H groups in total. The first-order valence-corrected chi connectivity index (χ1v) is 8.13. The van der Waals surface area contributed by atoms with Crippen LogP contribution in [0.25, 0.3) is 11.6 Å². The minimum Gasteiger partial charge on any atom is -0.461 e. The molecule has 0 bridgehead atoms. The van der Waals surface area contributed by atoms with Crippen LogP contribution in [-0.2, 0) is 6.42 Å². The van der Waals surface area contributed by atoms with Crippen molar-refractivity contribution in [1.29, 1.82) is 0 Å². The predicted molar refractivity (Wildman–Crippen MR) is 86.2 cm³/mol. The second-order valence-corrected chi connectivity index (χ2v) is 5.92. The van der Waals surface area contributed by atoms with Gasteiger partial charge in [-0.05, 0) is 29.7 Å². The van der Waals surface area contributed by atoms with E-state index < -0.39 is 0 Å². The fraction of sp³-hybridized carbons (Fsp3) is 0.188. The van der Waals surface area contributed by atoms with Gasteiger partial charge < -0.3 is 4.42 Å². The highest BCUT2D eigenvalue weighted by molar-refractivity contribution is 7.99. The maximum atomic E-state index is 5.41. The first-order chi connectivity index (χ1) is 10.8. The summed E-state index contributed by atoms with van der Waals surface area (Å²) in [6.07, 6.45) is 2.67. The molecule has 3 heterocycles. The fourth-order valence-electron chi connectivity index (χ4n) is 2.36. The molecule has 22 heavy (non-hydrogen) atoms. The van der Waals surface area contributed by atoms with Crippen molar-refractivity contribution in [2.24, 2.45) is 5.10 Å². The third-order valence-electron chi connectivity index (χ3n) is 3.61. The molecule has 1 aliphatic rings. The average Bonchev–Trinajstić information content (AvgIpc) is 3.23. The van der Waals surface area contributed by atoms with Gasteiger partial charge in [-0.1, -0.05) is 43.0 Å². The van der Waals surface area contributed by atoms with E-state index in [0.29, 0.717) is 11.6 Å². The number of thioether (sulfide) groups is 1. The van der Waals surface area contributed by atoms with Crippen molar-refractivity contribution in [2.45, 2.75) is 18.5 Å². The monoisotopic (exact) mass is 310 g/mol. The van der Waals surface area contributed by atoms with Crippen LogP contribution in [0.5, 0.6) is 0 Å². The molecule has 1 aliphatic heterocycles. The van der Waals surface area contributed by atoms with E-state index in [9.17, 15) is 0 Å². The topological polar surface area (TPSA) is 56.2 Å². The van der Waals surface area contributed by atoms with Crippen LogP contribution < -0.4 is 0 Å². The second-order valence-electron chi connectivity index (χ2n) is 4.98. The molecule has 1 aromatic carbocycles. The quantitative estimate of drug-likeness (QED) is 0.743. The zero-order chi connectivity index (χ0) is 14.9. The summed E-state index contributed by atoms with van der Waals surface area (Å²) < 4.78 is 7.17. The Hall–Kier alpha value is -2.34. The van der Waals surface area contributed by atoms with E-state index in [0.717, 1.165) is 28.6 Å². The Labute approximate surface area is 132 Å². The Morgan fingerprint density at radius 1 is 1.18 bits per heavy atom. The van der Waals surface area contributed by atoms with Gasteiger partial charge in [0, 0.05) is 5.75 Å². The molecule has 5 nitrogen and oxygen atoms in total. The van der Waals surface area contributed by atoms with Crippen molar-refractivity contribution in [3.63, 3.8) is 0 Å². The van der Waals surface area contributed by atoms with Crippen LogP contribution >= 0.6 is 11.8 Å². The summed E-state index contributed by atoms with van der Waals surface area (Å²) >= 11 is 1.64. The molecule has 110 valence electrons. The number of fused-ring (bicyclic) bond motifs is 1. The van der Waals surface area contributed by atoms with Crippen LogP contribution in [0, 0.1) is 0 Å². The minimum absolute atomic E-state index is 0.634. The van der Waals surface area contributed by atoms with Crippen molar-refractivity contribution in [3.05, 3.63) is 53.8 Å². The lowest BCUT2D eigenvalue weighted by atomic mass is 10.1. The van der Waals surface area contributed by atoms with Gasteiger partial charge in [0.2, 0.25) is 11.0 Å². The predicted octanol–water partition coefficient (Wildman–Crippen LogP) is 3.46. The van der Waals surface area contributed by atoms with Crippen molar-refractivity contribution < 1.29 is 4.42 Å². The van der Waals surface area contributed by atoms with E-state index in [2.05, 4.69) is 41.4 Å². The van der Waals surface area contributed by atoms with Crippen molar-refractivity contribution in [3.8, 4) is 11.6 Å². The largest absolute Gasteiger partial charge is 0.461 e. The third-order valence-corrected chi connectivity index (χ3v) is 4.54. The summed E-state index contributed by atoms with van der Waals surface area (Å²) in [7, 11) is 0. The Kier molecular flexibility index (Phi) is 3.31. The number of furan rings is 1. The number of aryl methyl sites for hydroxylation is 1. The molecule has 6 heteroatoms. The summed E-state index contributed by atoms with van der Waals surface area (Å²) in [5.74, 6) is 2.10. The lowest BCUT2D eigenvalue weighted by Crippen LogP contribution is -2.13. The van der Waals surface area contributed by atoms with Crippen molar-refractivity contribution >= 4 is 17.5 Å². The molecule has 0 unspecified atom stereocenters. The first-order valence-electron chi connectivity index (χ1n) is 7.14. The number of benzene rings is 1. The molecule has 4 rings (SSSR count). The summed E-state index contributed by atoms with van der Waals surface area (Å²) in [6.45, 7) is 2.15. The van der Waals surface area contributed by atoms with E-state index in [1.54, 1.807) is 22.7 Å². The van der Waals surface area contributed by atoms with Gasteiger partial charge in [-0.25, -0.2) is 0 Å². The number of hydrogen-bond donors (Lipinski definition) is 0. The summed E-state index contributed by atoms with van der Waals surface area (Å²) in [5, 5.41) is 13.9. The van der Waals surface area contributed by atoms with Gasteiger partial charge in [0.25, 0.3) is 0 Å². The maximum Gasteiger partial charge on any atom is 0.221 e. The van der Waals surface area contributed by atoms with Crippen LogP contribution in [-0.4, -0.2) is 26.3 Å². The van der Waals surface area contributed by atoms with Crippen molar-refractivity contribution in [1.82, 2.24) is 14.9 Å². The van der Waals surface area contributed by atoms with Gasteiger partial charge >= 0.3 is 0 Å². The molecule has 0 saturated heterocycles.